The van der Waals surface area contributed by atoms with Crippen molar-refractivity contribution in [1.82, 2.24) is 4.98 Å². The summed E-state index contributed by atoms with van der Waals surface area (Å²) in [6.07, 6.45) is 0.794. The average molecular weight is 221 g/mol. The quantitative estimate of drug-likeness (QED) is 0.845. The maximum absolute atomic E-state index is 6.11. The zero-order valence-corrected chi connectivity index (χ0v) is 9.38. The zero-order chi connectivity index (χ0) is 10.8. The molecule has 0 aliphatic heterocycles. The molecular weight excluding hydrogens is 208 g/mol. The van der Waals surface area contributed by atoms with Crippen LogP contribution in [0.3, 0.4) is 0 Å². The minimum atomic E-state index is 0.613. The van der Waals surface area contributed by atoms with E-state index in [-0.39, 0.29) is 0 Å². The van der Waals surface area contributed by atoms with Gasteiger partial charge in [-0.2, -0.15) is 0 Å². The third-order valence-electron chi connectivity index (χ3n) is 2.45. The maximum atomic E-state index is 6.11. The number of rotatable bonds is 2. The number of halogens is 1. The highest BCUT2D eigenvalue weighted by atomic mass is 35.5. The standard InChI is InChI=1S/C12H13ClN2/c1-8-7-9(5-6-14)15-12-10(8)3-2-4-11(12)13/h2-4,7H,5-6,14H2,1H3. The predicted molar refractivity (Wildman–Crippen MR) is 64.2 cm³/mol. The number of nitrogens with two attached hydrogens (primary N) is 1. The number of fused-ring (bicyclic) bond motifs is 1. The number of hydrogen-bond donors (Lipinski definition) is 1. The van der Waals surface area contributed by atoms with Crippen molar-refractivity contribution in [1.29, 1.82) is 0 Å². The molecule has 0 spiro atoms. The van der Waals surface area contributed by atoms with Gasteiger partial charge in [0.2, 0.25) is 0 Å². The van der Waals surface area contributed by atoms with Crippen molar-refractivity contribution in [2.45, 2.75) is 13.3 Å². The Balaban J connectivity index is 2.68. The van der Waals surface area contributed by atoms with Crippen molar-refractivity contribution in [2.24, 2.45) is 5.73 Å². The molecule has 15 heavy (non-hydrogen) atoms. The van der Waals surface area contributed by atoms with E-state index >= 15 is 0 Å². The van der Waals surface area contributed by atoms with Crippen LogP contribution >= 0.6 is 11.6 Å². The van der Waals surface area contributed by atoms with Crippen LogP contribution in [0.4, 0.5) is 0 Å². The molecule has 2 aromatic rings. The Labute approximate surface area is 94.1 Å². The number of nitrogens with zero attached hydrogens (tertiary/aromatic N) is 1. The van der Waals surface area contributed by atoms with Gasteiger partial charge in [-0.1, -0.05) is 23.7 Å². The van der Waals surface area contributed by atoms with Gasteiger partial charge in [0.15, 0.2) is 0 Å². The molecule has 0 amide bonds. The molecule has 0 aliphatic rings. The number of aromatic nitrogens is 1. The van der Waals surface area contributed by atoms with E-state index in [4.69, 9.17) is 17.3 Å². The molecule has 0 saturated heterocycles. The third-order valence-corrected chi connectivity index (χ3v) is 2.76. The summed E-state index contributed by atoms with van der Waals surface area (Å²) in [5.41, 5.74) is 8.61. The lowest BCUT2D eigenvalue weighted by atomic mass is 10.1. The highest BCUT2D eigenvalue weighted by Gasteiger charge is 2.04. The second-order valence-corrected chi connectivity index (χ2v) is 4.01. The van der Waals surface area contributed by atoms with Crippen LogP contribution in [0.1, 0.15) is 11.3 Å². The Morgan fingerprint density at radius 1 is 1.40 bits per heavy atom. The number of aryl methyl sites for hydroxylation is 1. The van der Waals surface area contributed by atoms with Crippen molar-refractivity contribution in [2.75, 3.05) is 6.54 Å². The van der Waals surface area contributed by atoms with Gasteiger partial charge in [-0.05, 0) is 31.2 Å². The SMILES string of the molecule is Cc1cc(CCN)nc2c(Cl)cccc12. The first-order valence-electron chi connectivity index (χ1n) is 4.97. The van der Waals surface area contributed by atoms with Crippen LogP contribution in [-0.2, 0) is 6.42 Å². The van der Waals surface area contributed by atoms with E-state index in [9.17, 15) is 0 Å². The Kier molecular flexibility index (Phi) is 2.89. The molecule has 0 atom stereocenters. The van der Waals surface area contributed by atoms with Crippen molar-refractivity contribution >= 4 is 22.5 Å². The zero-order valence-electron chi connectivity index (χ0n) is 8.63. The average Bonchev–Trinajstić information content (AvgIpc) is 2.20. The molecule has 1 aromatic heterocycles. The molecule has 1 heterocycles. The number of para-hydroxylation sites is 1. The number of pyridine rings is 1. The minimum absolute atomic E-state index is 0.613. The Morgan fingerprint density at radius 3 is 2.93 bits per heavy atom. The van der Waals surface area contributed by atoms with Crippen LogP contribution in [0.2, 0.25) is 5.02 Å². The van der Waals surface area contributed by atoms with Gasteiger partial charge >= 0.3 is 0 Å². The largest absolute Gasteiger partial charge is 0.330 e. The van der Waals surface area contributed by atoms with E-state index < -0.39 is 0 Å². The second-order valence-electron chi connectivity index (χ2n) is 3.61. The lowest BCUT2D eigenvalue weighted by Crippen LogP contribution is -2.05. The topological polar surface area (TPSA) is 38.9 Å². The highest BCUT2D eigenvalue weighted by Crippen LogP contribution is 2.24. The lowest BCUT2D eigenvalue weighted by Gasteiger charge is -2.06. The van der Waals surface area contributed by atoms with Gasteiger partial charge < -0.3 is 5.73 Å². The van der Waals surface area contributed by atoms with Crippen molar-refractivity contribution in [3.05, 3.63) is 40.5 Å². The molecule has 2 N–H and O–H groups in total. The van der Waals surface area contributed by atoms with Crippen molar-refractivity contribution in [3.8, 4) is 0 Å². The summed E-state index contributed by atoms with van der Waals surface area (Å²) in [6.45, 7) is 2.68. The van der Waals surface area contributed by atoms with Crippen LogP contribution in [0.5, 0.6) is 0 Å². The van der Waals surface area contributed by atoms with Gasteiger partial charge in [0.25, 0.3) is 0 Å². The van der Waals surface area contributed by atoms with Crippen LogP contribution in [0.15, 0.2) is 24.3 Å². The van der Waals surface area contributed by atoms with E-state index in [0.29, 0.717) is 11.6 Å². The van der Waals surface area contributed by atoms with Crippen molar-refractivity contribution < 1.29 is 0 Å². The molecule has 0 fully saturated rings. The Morgan fingerprint density at radius 2 is 2.20 bits per heavy atom. The van der Waals surface area contributed by atoms with Gasteiger partial charge in [-0.25, -0.2) is 0 Å². The first-order chi connectivity index (χ1) is 7.22. The summed E-state index contributed by atoms with van der Waals surface area (Å²) in [4.78, 5) is 4.51. The molecular formula is C12H13ClN2. The third kappa shape index (κ3) is 1.96. The van der Waals surface area contributed by atoms with E-state index in [1.165, 1.54) is 5.56 Å². The van der Waals surface area contributed by atoms with Gasteiger partial charge in [-0.3, -0.25) is 4.98 Å². The van der Waals surface area contributed by atoms with Crippen LogP contribution in [0, 0.1) is 6.92 Å². The highest BCUT2D eigenvalue weighted by molar-refractivity contribution is 6.35. The molecule has 78 valence electrons. The second kappa shape index (κ2) is 4.17. The molecule has 0 radical (unpaired) electrons. The summed E-state index contributed by atoms with van der Waals surface area (Å²) in [5, 5.41) is 1.82. The fraction of sp³-hybridized carbons (Fsp3) is 0.250. The van der Waals surface area contributed by atoms with Gasteiger partial charge in [0.05, 0.1) is 10.5 Å². The molecule has 0 aliphatic carbocycles. The Hall–Kier alpha value is -1.12. The molecule has 2 nitrogen and oxygen atoms in total. The monoisotopic (exact) mass is 220 g/mol. The summed E-state index contributed by atoms with van der Waals surface area (Å²) in [6, 6.07) is 7.92. The van der Waals surface area contributed by atoms with Crippen LogP contribution < -0.4 is 5.73 Å². The predicted octanol–water partition coefficient (Wildman–Crippen LogP) is 2.70. The molecule has 0 bridgehead atoms. The first kappa shape index (κ1) is 10.4. The summed E-state index contributed by atoms with van der Waals surface area (Å²) in [7, 11) is 0. The van der Waals surface area contributed by atoms with E-state index in [1.54, 1.807) is 0 Å². The molecule has 0 unspecified atom stereocenters. The number of benzene rings is 1. The molecule has 1 aromatic carbocycles. The van der Waals surface area contributed by atoms with Crippen LogP contribution in [0.25, 0.3) is 10.9 Å². The lowest BCUT2D eigenvalue weighted by molar-refractivity contribution is 0.930. The van der Waals surface area contributed by atoms with Crippen molar-refractivity contribution in [3.63, 3.8) is 0 Å². The molecule has 3 heteroatoms. The summed E-state index contributed by atoms with van der Waals surface area (Å²) in [5.74, 6) is 0. The first-order valence-corrected chi connectivity index (χ1v) is 5.35. The minimum Gasteiger partial charge on any atom is -0.330 e. The summed E-state index contributed by atoms with van der Waals surface area (Å²) >= 11 is 6.11. The fourth-order valence-electron chi connectivity index (χ4n) is 1.73. The van der Waals surface area contributed by atoms with E-state index in [2.05, 4.69) is 18.0 Å². The Bertz CT molecular complexity index is 494. The normalized spacial score (nSPS) is 10.9. The van der Waals surface area contributed by atoms with Gasteiger partial charge in [-0.15, -0.1) is 0 Å². The van der Waals surface area contributed by atoms with Gasteiger partial charge in [0.1, 0.15) is 0 Å². The van der Waals surface area contributed by atoms with Gasteiger partial charge in [0, 0.05) is 17.5 Å². The molecule has 2 rings (SSSR count). The molecule has 0 saturated carbocycles. The summed E-state index contributed by atoms with van der Waals surface area (Å²) < 4.78 is 0. The van der Waals surface area contributed by atoms with E-state index in [0.717, 1.165) is 23.0 Å². The smallest absolute Gasteiger partial charge is 0.0894 e. The van der Waals surface area contributed by atoms with E-state index in [1.807, 2.05) is 18.2 Å². The fourth-order valence-corrected chi connectivity index (χ4v) is 1.94. The number of hydrogen-bond acceptors (Lipinski definition) is 2. The van der Waals surface area contributed by atoms with Crippen LogP contribution in [-0.4, -0.2) is 11.5 Å². The maximum Gasteiger partial charge on any atom is 0.0894 e.